The largest absolute Gasteiger partial charge is 0.469 e. The van der Waals surface area contributed by atoms with Crippen LogP contribution in [-0.4, -0.2) is 56.4 Å². The molecule has 0 aromatic rings. The van der Waals surface area contributed by atoms with Gasteiger partial charge in [-0.2, -0.15) is 0 Å². The van der Waals surface area contributed by atoms with Gasteiger partial charge in [0.05, 0.1) is 26.2 Å². The monoisotopic (exact) mass is 230 g/mol. The van der Waals surface area contributed by atoms with Crippen LogP contribution in [0.25, 0.3) is 0 Å². The molecule has 1 rings (SSSR count). The van der Waals surface area contributed by atoms with E-state index in [0.717, 1.165) is 19.5 Å². The van der Waals surface area contributed by atoms with Crippen LogP contribution in [0.3, 0.4) is 0 Å². The molecule has 0 aliphatic carbocycles. The molecule has 0 saturated carbocycles. The predicted molar refractivity (Wildman–Crippen MR) is 61.1 cm³/mol. The molecule has 1 aliphatic heterocycles. The van der Waals surface area contributed by atoms with Gasteiger partial charge >= 0.3 is 5.97 Å². The number of rotatable bonds is 5. The van der Waals surface area contributed by atoms with Gasteiger partial charge in [0.1, 0.15) is 0 Å². The minimum absolute atomic E-state index is 0.0403. The Labute approximate surface area is 96.9 Å². The Morgan fingerprint density at radius 2 is 2.44 bits per heavy atom. The summed E-state index contributed by atoms with van der Waals surface area (Å²) in [5.41, 5.74) is 5.54. The number of ether oxygens (including phenoxy) is 2. The van der Waals surface area contributed by atoms with Crippen molar-refractivity contribution in [2.75, 3.05) is 33.4 Å². The Morgan fingerprint density at radius 1 is 1.69 bits per heavy atom. The first-order chi connectivity index (χ1) is 7.67. The van der Waals surface area contributed by atoms with Gasteiger partial charge < -0.3 is 15.2 Å². The molecule has 5 heteroatoms. The molecule has 1 fully saturated rings. The van der Waals surface area contributed by atoms with Crippen LogP contribution in [0.1, 0.15) is 19.8 Å². The van der Waals surface area contributed by atoms with E-state index in [4.69, 9.17) is 10.5 Å². The van der Waals surface area contributed by atoms with Crippen LogP contribution >= 0.6 is 0 Å². The fourth-order valence-electron chi connectivity index (χ4n) is 1.96. The highest BCUT2D eigenvalue weighted by atomic mass is 16.5. The SMILES string of the molecule is COC(=O)CC1CN(C(C)CCN)CCO1. The standard InChI is InChI=1S/C11H22N2O3/c1-9(3-4-12)13-5-6-16-10(8-13)7-11(14)15-2/h9-10H,3-8,12H2,1-2H3. The van der Waals surface area contributed by atoms with Crippen LogP contribution in [0.2, 0.25) is 0 Å². The molecule has 0 bridgehead atoms. The molecule has 0 radical (unpaired) electrons. The number of carbonyl (C=O) groups is 1. The summed E-state index contributed by atoms with van der Waals surface area (Å²) in [6.45, 7) is 5.24. The summed E-state index contributed by atoms with van der Waals surface area (Å²) in [6, 6.07) is 0.453. The van der Waals surface area contributed by atoms with Crippen LogP contribution in [-0.2, 0) is 14.3 Å². The van der Waals surface area contributed by atoms with Crippen molar-refractivity contribution in [3.05, 3.63) is 0 Å². The second-order valence-corrected chi connectivity index (χ2v) is 4.19. The number of nitrogens with zero attached hydrogens (tertiary/aromatic N) is 1. The fourth-order valence-corrected chi connectivity index (χ4v) is 1.96. The second kappa shape index (κ2) is 6.83. The van der Waals surface area contributed by atoms with Gasteiger partial charge in [-0.05, 0) is 19.9 Å². The molecule has 0 aromatic heterocycles. The molecular formula is C11H22N2O3. The first-order valence-electron chi connectivity index (χ1n) is 5.80. The lowest BCUT2D eigenvalue weighted by Gasteiger charge is -2.36. The minimum Gasteiger partial charge on any atom is -0.469 e. The van der Waals surface area contributed by atoms with Crippen molar-refractivity contribution in [3.63, 3.8) is 0 Å². The maximum Gasteiger partial charge on any atom is 0.308 e. The fraction of sp³-hybridized carbons (Fsp3) is 0.909. The Balaban J connectivity index is 2.37. The predicted octanol–water partition coefficient (Wildman–Crippen LogP) is -0.0124. The summed E-state index contributed by atoms with van der Waals surface area (Å²) in [7, 11) is 1.40. The van der Waals surface area contributed by atoms with E-state index < -0.39 is 0 Å². The summed E-state index contributed by atoms with van der Waals surface area (Å²) in [6.07, 6.45) is 1.27. The highest BCUT2D eigenvalue weighted by Crippen LogP contribution is 2.13. The molecule has 1 heterocycles. The summed E-state index contributed by atoms with van der Waals surface area (Å²) in [5.74, 6) is -0.210. The van der Waals surface area contributed by atoms with Crippen molar-refractivity contribution in [1.82, 2.24) is 4.90 Å². The van der Waals surface area contributed by atoms with Crippen molar-refractivity contribution in [3.8, 4) is 0 Å². The van der Waals surface area contributed by atoms with E-state index in [9.17, 15) is 4.79 Å². The number of hydrogen-bond acceptors (Lipinski definition) is 5. The molecule has 16 heavy (non-hydrogen) atoms. The summed E-state index contributed by atoms with van der Waals surface area (Å²) in [4.78, 5) is 13.5. The second-order valence-electron chi connectivity index (χ2n) is 4.19. The average Bonchev–Trinajstić information content (AvgIpc) is 2.29. The third kappa shape index (κ3) is 4.08. The van der Waals surface area contributed by atoms with Gasteiger partial charge in [0.25, 0.3) is 0 Å². The average molecular weight is 230 g/mol. The van der Waals surface area contributed by atoms with E-state index in [1.54, 1.807) is 0 Å². The lowest BCUT2D eigenvalue weighted by molar-refractivity contribution is -0.146. The lowest BCUT2D eigenvalue weighted by Crippen LogP contribution is -2.47. The van der Waals surface area contributed by atoms with Crippen molar-refractivity contribution >= 4 is 5.97 Å². The third-order valence-electron chi connectivity index (χ3n) is 3.00. The van der Waals surface area contributed by atoms with E-state index >= 15 is 0 Å². The van der Waals surface area contributed by atoms with E-state index in [-0.39, 0.29) is 12.1 Å². The number of esters is 1. The minimum atomic E-state index is -0.210. The van der Waals surface area contributed by atoms with Crippen molar-refractivity contribution in [1.29, 1.82) is 0 Å². The topological polar surface area (TPSA) is 64.8 Å². The number of morpholine rings is 1. The third-order valence-corrected chi connectivity index (χ3v) is 3.00. The van der Waals surface area contributed by atoms with Gasteiger partial charge in [0.15, 0.2) is 0 Å². The molecule has 2 atom stereocenters. The van der Waals surface area contributed by atoms with Gasteiger partial charge in [-0.3, -0.25) is 9.69 Å². The molecule has 1 saturated heterocycles. The molecule has 0 aromatic carbocycles. The van der Waals surface area contributed by atoms with Crippen molar-refractivity contribution < 1.29 is 14.3 Å². The number of nitrogens with two attached hydrogens (primary N) is 1. The van der Waals surface area contributed by atoms with Gasteiger partial charge in [0, 0.05) is 19.1 Å². The Kier molecular flexibility index (Phi) is 5.73. The van der Waals surface area contributed by atoms with Gasteiger partial charge in [-0.1, -0.05) is 0 Å². The Morgan fingerprint density at radius 3 is 3.06 bits per heavy atom. The smallest absolute Gasteiger partial charge is 0.308 e. The Bertz CT molecular complexity index is 223. The van der Waals surface area contributed by atoms with Crippen LogP contribution in [0.15, 0.2) is 0 Å². The van der Waals surface area contributed by atoms with Crippen LogP contribution in [0.4, 0.5) is 0 Å². The molecule has 94 valence electrons. The molecule has 2 unspecified atom stereocenters. The van der Waals surface area contributed by atoms with Gasteiger partial charge in [-0.25, -0.2) is 0 Å². The molecule has 0 spiro atoms. The van der Waals surface area contributed by atoms with E-state index in [1.165, 1.54) is 7.11 Å². The summed E-state index contributed by atoms with van der Waals surface area (Å²) < 4.78 is 10.2. The summed E-state index contributed by atoms with van der Waals surface area (Å²) in [5, 5.41) is 0. The van der Waals surface area contributed by atoms with Crippen molar-refractivity contribution in [2.45, 2.75) is 31.9 Å². The lowest BCUT2D eigenvalue weighted by atomic mass is 10.1. The molecule has 1 aliphatic rings. The highest BCUT2D eigenvalue weighted by Gasteiger charge is 2.25. The maximum absolute atomic E-state index is 11.1. The van der Waals surface area contributed by atoms with E-state index in [1.807, 2.05) is 0 Å². The van der Waals surface area contributed by atoms with Gasteiger partial charge in [0.2, 0.25) is 0 Å². The zero-order valence-corrected chi connectivity index (χ0v) is 10.1. The zero-order valence-electron chi connectivity index (χ0n) is 10.1. The zero-order chi connectivity index (χ0) is 12.0. The van der Waals surface area contributed by atoms with Crippen LogP contribution in [0, 0.1) is 0 Å². The van der Waals surface area contributed by atoms with Crippen LogP contribution in [0.5, 0.6) is 0 Å². The highest BCUT2D eigenvalue weighted by molar-refractivity contribution is 5.69. The van der Waals surface area contributed by atoms with Crippen LogP contribution < -0.4 is 5.73 Å². The number of methoxy groups -OCH3 is 1. The summed E-state index contributed by atoms with van der Waals surface area (Å²) >= 11 is 0. The molecular weight excluding hydrogens is 208 g/mol. The van der Waals surface area contributed by atoms with E-state index in [0.29, 0.717) is 25.6 Å². The first-order valence-corrected chi connectivity index (χ1v) is 5.80. The van der Waals surface area contributed by atoms with Crippen molar-refractivity contribution in [2.24, 2.45) is 5.73 Å². The molecule has 2 N–H and O–H groups in total. The molecule has 5 nitrogen and oxygen atoms in total. The normalized spacial score (nSPS) is 24.1. The Hall–Kier alpha value is -0.650. The first kappa shape index (κ1) is 13.4. The van der Waals surface area contributed by atoms with E-state index in [2.05, 4.69) is 16.6 Å². The number of carbonyl (C=O) groups excluding carboxylic acids is 1. The maximum atomic E-state index is 11.1. The quantitative estimate of drug-likeness (QED) is 0.673. The van der Waals surface area contributed by atoms with Gasteiger partial charge in [-0.15, -0.1) is 0 Å². The number of hydrogen-bond donors (Lipinski definition) is 1. The molecule has 0 amide bonds.